The minimum Gasteiger partial charge on any atom is -0.364 e. The van der Waals surface area contributed by atoms with Crippen LogP contribution in [0.5, 0.6) is 0 Å². The van der Waals surface area contributed by atoms with Crippen LogP contribution in [0.3, 0.4) is 0 Å². The van der Waals surface area contributed by atoms with E-state index in [0.717, 1.165) is 44.0 Å². The van der Waals surface area contributed by atoms with Crippen LogP contribution in [0.15, 0.2) is 57.8 Å². The molecule has 3 heterocycles. The zero-order valence-electron chi connectivity index (χ0n) is 15.7. The van der Waals surface area contributed by atoms with Gasteiger partial charge in [-0.3, -0.25) is 14.6 Å². The summed E-state index contributed by atoms with van der Waals surface area (Å²) in [5, 5.41) is 10.7. The number of carbonyl (C=O) groups excluding carboxylic acids is 1. The van der Waals surface area contributed by atoms with Gasteiger partial charge in [-0.25, -0.2) is 0 Å². The summed E-state index contributed by atoms with van der Waals surface area (Å²) in [6.45, 7) is 5.82. The average molecular weight is 381 g/mol. The molecule has 0 aliphatic carbocycles. The Morgan fingerprint density at radius 1 is 1.14 bits per heavy atom. The lowest BCUT2D eigenvalue weighted by atomic mass is 10.0. The van der Waals surface area contributed by atoms with Crippen molar-refractivity contribution in [2.45, 2.75) is 19.5 Å². The third-order valence-corrected chi connectivity index (χ3v) is 4.89. The molecule has 4 rings (SSSR count). The van der Waals surface area contributed by atoms with Gasteiger partial charge in [0.1, 0.15) is 18.1 Å². The Labute approximate surface area is 163 Å². The number of hydrogen-bond donors (Lipinski definition) is 1. The first-order valence-corrected chi connectivity index (χ1v) is 9.34. The Bertz CT molecular complexity index is 886. The Morgan fingerprint density at radius 2 is 1.93 bits per heavy atom. The van der Waals surface area contributed by atoms with Crippen molar-refractivity contribution < 1.29 is 13.8 Å². The van der Waals surface area contributed by atoms with Crippen molar-refractivity contribution in [2.24, 2.45) is 0 Å². The summed E-state index contributed by atoms with van der Waals surface area (Å²) in [5.74, 6) is 0.991. The molecule has 146 valence electrons. The quantitative estimate of drug-likeness (QED) is 0.702. The van der Waals surface area contributed by atoms with E-state index in [1.54, 1.807) is 19.3 Å². The first-order valence-electron chi connectivity index (χ1n) is 9.34. The molecule has 1 aliphatic heterocycles. The second kappa shape index (κ2) is 8.37. The number of aromatic nitrogens is 2. The highest BCUT2D eigenvalue weighted by molar-refractivity contribution is 5.94. The third-order valence-electron chi connectivity index (χ3n) is 4.89. The molecule has 1 unspecified atom stereocenters. The molecule has 2 aromatic heterocycles. The molecule has 1 aliphatic rings. The molecule has 1 atom stereocenters. The molecule has 1 saturated heterocycles. The Kier molecular flexibility index (Phi) is 5.50. The Balaban J connectivity index is 1.46. The molecule has 1 fully saturated rings. The standard InChI is InChI=1S/C20H23N5O3/c1-15-13-18(23-28-15)21-20(26)19(16-5-3-2-4-6-16)25-10-8-24(9-11-25)14-17-7-12-27-22-17/h2-7,12-13,19H,8-11,14H2,1H3,(H,21,23,26). The number of carbonyl (C=O) groups is 1. The van der Waals surface area contributed by atoms with Gasteiger partial charge in [0.05, 0.1) is 5.69 Å². The second-order valence-electron chi connectivity index (χ2n) is 6.93. The fourth-order valence-corrected chi connectivity index (χ4v) is 3.51. The molecule has 8 nitrogen and oxygen atoms in total. The Hall–Kier alpha value is -2.97. The van der Waals surface area contributed by atoms with E-state index in [1.165, 1.54) is 0 Å². The molecule has 0 bridgehead atoms. The number of piperazine rings is 1. The topological polar surface area (TPSA) is 87.6 Å². The Morgan fingerprint density at radius 3 is 2.57 bits per heavy atom. The predicted octanol–water partition coefficient (Wildman–Crippen LogP) is 2.47. The van der Waals surface area contributed by atoms with Gasteiger partial charge in [-0.05, 0) is 12.5 Å². The molecule has 28 heavy (non-hydrogen) atoms. The van der Waals surface area contributed by atoms with Crippen LogP contribution in [0.1, 0.15) is 23.1 Å². The van der Waals surface area contributed by atoms with E-state index in [9.17, 15) is 4.79 Å². The third kappa shape index (κ3) is 4.29. The van der Waals surface area contributed by atoms with E-state index in [-0.39, 0.29) is 11.9 Å². The van der Waals surface area contributed by atoms with Crippen LogP contribution in [0.2, 0.25) is 0 Å². The van der Waals surface area contributed by atoms with E-state index in [0.29, 0.717) is 11.6 Å². The minimum atomic E-state index is -0.382. The van der Waals surface area contributed by atoms with Gasteiger partial charge in [0.25, 0.3) is 0 Å². The van der Waals surface area contributed by atoms with Crippen molar-refractivity contribution >= 4 is 11.7 Å². The van der Waals surface area contributed by atoms with Crippen molar-refractivity contribution in [3.05, 3.63) is 65.7 Å². The zero-order valence-corrected chi connectivity index (χ0v) is 15.7. The smallest absolute Gasteiger partial charge is 0.247 e. The van der Waals surface area contributed by atoms with E-state index >= 15 is 0 Å². The van der Waals surface area contributed by atoms with Gasteiger partial charge < -0.3 is 14.4 Å². The fourth-order valence-electron chi connectivity index (χ4n) is 3.51. The number of rotatable bonds is 6. The monoisotopic (exact) mass is 381 g/mol. The minimum absolute atomic E-state index is 0.107. The molecule has 0 radical (unpaired) electrons. The van der Waals surface area contributed by atoms with Crippen LogP contribution in [0, 0.1) is 6.92 Å². The molecule has 1 amide bonds. The van der Waals surface area contributed by atoms with E-state index in [4.69, 9.17) is 9.05 Å². The second-order valence-corrected chi connectivity index (χ2v) is 6.93. The summed E-state index contributed by atoms with van der Waals surface area (Å²) in [7, 11) is 0. The summed E-state index contributed by atoms with van der Waals surface area (Å²) in [4.78, 5) is 17.6. The van der Waals surface area contributed by atoms with Crippen LogP contribution in [0.4, 0.5) is 5.82 Å². The largest absolute Gasteiger partial charge is 0.364 e. The molecular weight excluding hydrogens is 358 g/mol. The molecule has 0 saturated carbocycles. The lowest BCUT2D eigenvalue weighted by Gasteiger charge is -2.38. The van der Waals surface area contributed by atoms with Gasteiger partial charge >= 0.3 is 0 Å². The van der Waals surface area contributed by atoms with E-state index in [2.05, 4.69) is 25.4 Å². The van der Waals surface area contributed by atoms with E-state index < -0.39 is 0 Å². The van der Waals surface area contributed by atoms with Gasteiger partial charge in [0.15, 0.2) is 5.82 Å². The van der Waals surface area contributed by atoms with Crippen LogP contribution < -0.4 is 5.32 Å². The number of nitrogens with one attached hydrogen (secondary N) is 1. The number of nitrogens with zero attached hydrogens (tertiary/aromatic N) is 4. The van der Waals surface area contributed by atoms with Crippen molar-refractivity contribution in [3.63, 3.8) is 0 Å². The lowest BCUT2D eigenvalue weighted by Crippen LogP contribution is -2.49. The SMILES string of the molecule is Cc1cc(NC(=O)C(c2ccccc2)N2CCN(Cc3ccon3)CC2)no1. The van der Waals surface area contributed by atoms with Crippen LogP contribution in [-0.4, -0.2) is 52.2 Å². The normalized spacial score (nSPS) is 16.8. The number of amides is 1. The van der Waals surface area contributed by atoms with Crippen LogP contribution in [0.25, 0.3) is 0 Å². The van der Waals surface area contributed by atoms with Gasteiger partial charge in [0.2, 0.25) is 5.91 Å². The number of hydrogen-bond acceptors (Lipinski definition) is 7. The lowest BCUT2D eigenvalue weighted by molar-refractivity contribution is -0.122. The molecule has 1 aromatic carbocycles. The van der Waals surface area contributed by atoms with Crippen LogP contribution >= 0.6 is 0 Å². The highest BCUT2D eigenvalue weighted by Gasteiger charge is 2.31. The predicted molar refractivity (Wildman–Crippen MR) is 102 cm³/mol. The van der Waals surface area contributed by atoms with Gasteiger partial charge in [-0.15, -0.1) is 0 Å². The maximum absolute atomic E-state index is 13.1. The molecular formula is C20H23N5O3. The first kappa shape index (κ1) is 18.4. The number of aryl methyl sites for hydroxylation is 1. The maximum atomic E-state index is 13.1. The summed E-state index contributed by atoms with van der Waals surface area (Å²) >= 11 is 0. The van der Waals surface area contributed by atoms with Crippen molar-refractivity contribution in [1.82, 2.24) is 20.1 Å². The highest BCUT2D eigenvalue weighted by atomic mass is 16.5. The molecule has 3 aromatic rings. The van der Waals surface area contributed by atoms with Crippen molar-refractivity contribution in [1.29, 1.82) is 0 Å². The van der Waals surface area contributed by atoms with Gasteiger partial charge in [-0.1, -0.05) is 40.6 Å². The zero-order chi connectivity index (χ0) is 19.3. The van der Waals surface area contributed by atoms with Crippen molar-refractivity contribution in [2.75, 3.05) is 31.5 Å². The number of anilines is 1. The maximum Gasteiger partial charge on any atom is 0.247 e. The highest BCUT2D eigenvalue weighted by Crippen LogP contribution is 2.24. The summed E-state index contributed by atoms with van der Waals surface area (Å²) in [6, 6.07) is 13.1. The van der Waals surface area contributed by atoms with Gasteiger partial charge in [-0.2, -0.15) is 0 Å². The molecule has 1 N–H and O–H groups in total. The van der Waals surface area contributed by atoms with Crippen LogP contribution in [-0.2, 0) is 11.3 Å². The molecule has 8 heteroatoms. The van der Waals surface area contributed by atoms with E-state index in [1.807, 2.05) is 36.4 Å². The molecule has 0 spiro atoms. The summed E-state index contributed by atoms with van der Waals surface area (Å²) in [6.07, 6.45) is 1.59. The average Bonchev–Trinajstić information content (AvgIpc) is 3.36. The summed E-state index contributed by atoms with van der Waals surface area (Å²) in [5.41, 5.74) is 1.89. The van der Waals surface area contributed by atoms with Gasteiger partial charge in [0, 0.05) is 44.9 Å². The number of benzene rings is 1. The fraction of sp³-hybridized carbons (Fsp3) is 0.350. The van der Waals surface area contributed by atoms with Crippen molar-refractivity contribution in [3.8, 4) is 0 Å². The first-order chi connectivity index (χ1) is 13.7. The summed E-state index contributed by atoms with van der Waals surface area (Å²) < 4.78 is 9.97.